The minimum absolute atomic E-state index is 0.00599. The Hall–Kier alpha value is -1.16. The summed E-state index contributed by atoms with van der Waals surface area (Å²) in [6.07, 6.45) is 8.79. The Morgan fingerprint density at radius 1 is 1.24 bits per heavy atom. The first-order valence-electron chi connectivity index (χ1n) is 6.39. The van der Waals surface area contributed by atoms with Gasteiger partial charge in [0.1, 0.15) is 6.33 Å². The van der Waals surface area contributed by atoms with Crippen LogP contribution in [0.4, 0.5) is 0 Å². The highest BCUT2D eigenvalue weighted by Crippen LogP contribution is 2.18. The van der Waals surface area contributed by atoms with Gasteiger partial charge in [0, 0.05) is 12.1 Å². The van der Waals surface area contributed by atoms with Crippen molar-refractivity contribution in [3.8, 4) is 5.88 Å². The molecule has 4 nitrogen and oxygen atoms in total. The molecule has 0 saturated heterocycles. The van der Waals surface area contributed by atoms with E-state index in [2.05, 4.69) is 16.9 Å². The van der Waals surface area contributed by atoms with E-state index < -0.39 is 0 Å². The van der Waals surface area contributed by atoms with Gasteiger partial charge in [-0.05, 0) is 6.42 Å². The fourth-order valence-corrected chi connectivity index (χ4v) is 1.78. The lowest BCUT2D eigenvalue weighted by Gasteiger charge is -2.11. The monoisotopic (exact) mass is 237 g/mol. The van der Waals surface area contributed by atoms with E-state index in [0.717, 1.165) is 18.5 Å². The minimum atomic E-state index is -0.00599. The van der Waals surface area contributed by atoms with E-state index in [1.165, 1.54) is 32.0 Å². The van der Waals surface area contributed by atoms with Gasteiger partial charge in [-0.1, -0.05) is 39.0 Å². The summed E-state index contributed by atoms with van der Waals surface area (Å²) >= 11 is 0. The van der Waals surface area contributed by atoms with Gasteiger partial charge < -0.3 is 10.5 Å². The van der Waals surface area contributed by atoms with Crippen LogP contribution in [-0.2, 0) is 0 Å². The Labute approximate surface area is 104 Å². The summed E-state index contributed by atoms with van der Waals surface area (Å²) in [7, 11) is 1.60. The molecule has 1 aromatic heterocycles. The Bertz CT molecular complexity index is 317. The molecule has 1 unspecified atom stereocenters. The van der Waals surface area contributed by atoms with Crippen molar-refractivity contribution < 1.29 is 4.74 Å². The van der Waals surface area contributed by atoms with Crippen LogP contribution in [0.15, 0.2) is 12.4 Å². The highest BCUT2D eigenvalue weighted by molar-refractivity contribution is 5.15. The maximum Gasteiger partial charge on any atom is 0.216 e. The van der Waals surface area contributed by atoms with Crippen molar-refractivity contribution in [2.75, 3.05) is 7.11 Å². The van der Waals surface area contributed by atoms with Gasteiger partial charge in [-0.3, -0.25) is 0 Å². The Balaban J connectivity index is 2.33. The number of hydrogen-bond acceptors (Lipinski definition) is 4. The van der Waals surface area contributed by atoms with E-state index in [1.807, 2.05) is 6.07 Å². The molecule has 96 valence electrons. The highest BCUT2D eigenvalue weighted by Gasteiger charge is 2.08. The molecule has 0 radical (unpaired) electrons. The zero-order valence-electron chi connectivity index (χ0n) is 10.9. The molecule has 0 bridgehead atoms. The Kier molecular flexibility index (Phi) is 6.55. The van der Waals surface area contributed by atoms with Crippen molar-refractivity contribution in [3.05, 3.63) is 18.1 Å². The van der Waals surface area contributed by atoms with Gasteiger partial charge in [-0.25, -0.2) is 9.97 Å². The van der Waals surface area contributed by atoms with Crippen molar-refractivity contribution in [1.29, 1.82) is 0 Å². The first kappa shape index (κ1) is 13.9. The summed E-state index contributed by atoms with van der Waals surface area (Å²) in [4.78, 5) is 8.16. The molecule has 1 atom stereocenters. The van der Waals surface area contributed by atoms with E-state index >= 15 is 0 Å². The number of unbranched alkanes of at least 4 members (excludes halogenated alkanes) is 4. The van der Waals surface area contributed by atoms with E-state index in [4.69, 9.17) is 10.5 Å². The minimum Gasteiger partial charge on any atom is -0.481 e. The highest BCUT2D eigenvalue weighted by atomic mass is 16.5. The normalized spacial score (nSPS) is 12.4. The summed E-state index contributed by atoms with van der Waals surface area (Å²) in [5, 5.41) is 0. The molecular weight excluding hydrogens is 214 g/mol. The third-order valence-electron chi connectivity index (χ3n) is 2.87. The molecule has 2 N–H and O–H groups in total. The molecule has 0 aliphatic carbocycles. The topological polar surface area (TPSA) is 61.0 Å². The molecule has 0 aromatic carbocycles. The van der Waals surface area contributed by atoms with Gasteiger partial charge in [0.15, 0.2) is 0 Å². The standard InChI is InChI=1S/C13H23N3O/c1-3-4-5-6-7-8-11(14)12-9-13(17-2)16-10-15-12/h9-11H,3-8,14H2,1-2H3. The van der Waals surface area contributed by atoms with Gasteiger partial charge in [-0.15, -0.1) is 0 Å². The predicted molar refractivity (Wildman–Crippen MR) is 68.9 cm³/mol. The molecule has 0 spiro atoms. The van der Waals surface area contributed by atoms with Crippen LogP contribution in [0.5, 0.6) is 5.88 Å². The number of nitrogens with zero attached hydrogens (tertiary/aromatic N) is 2. The molecule has 0 aliphatic heterocycles. The zero-order valence-corrected chi connectivity index (χ0v) is 10.9. The fourth-order valence-electron chi connectivity index (χ4n) is 1.78. The average molecular weight is 237 g/mol. The number of rotatable bonds is 8. The molecular formula is C13H23N3O. The zero-order chi connectivity index (χ0) is 12.5. The molecule has 0 fully saturated rings. The van der Waals surface area contributed by atoms with Crippen LogP contribution in [0, 0.1) is 0 Å². The third kappa shape index (κ3) is 5.13. The second-order valence-corrected chi connectivity index (χ2v) is 4.29. The first-order valence-corrected chi connectivity index (χ1v) is 6.39. The molecule has 4 heteroatoms. The Morgan fingerprint density at radius 2 is 2.00 bits per heavy atom. The lowest BCUT2D eigenvalue weighted by Crippen LogP contribution is -2.12. The van der Waals surface area contributed by atoms with Gasteiger partial charge in [0.05, 0.1) is 12.8 Å². The van der Waals surface area contributed by atoms with Gasteiger partial charge in [-0.2, -0.15) is 0 Å². The number of nitrogens with two attached hydrogens (primary N) is 1. The van der Waals surface area contributed by atoms with Crippen LogP contribution in [0.3, 0.4) is 0 Å². The van der Waals surface area contributed by atoms with Crippen molar-refractivity contribution >= 4 is 0 Å². The molecule has 0 amide bonds. The van der Waals surface area contributed by atoms with Crippen LogP contribution in [0.2, 0.25) is 0 Å². The summed E-state index contributed by atoms with van der Waals surface area (Å²) in [6.45, 7) is 2.22. The van der Waals surface area contributed by atoms with Gasteiger partial charge >= 0.3 is 0 Å². The number of methoxy groups -OCH3 is 1. The van der Waals surface area contributed by atoms with Crippen LogP contribution in [-0.4, -0.2) is 17.1 Å². The van der Waals surface area contributed by atoms with Crippen molar-refractivity contribution in [3.63, 3.8) is 0 Å². The quantitative estimate of drug-likeness (QED) is 0.706. The second kappa shape index (κ2) is 8.01. The van der Waals surface area contributed by atoms with Crippen LogP contribution < -0.4 is 10.5 Å². The third-order valence-corrected chi connectivity index (χ3v) is 2.87. The maximum atomic E-state index is 6.09. The smallest absolute Gasteiger partial charge is 0.216 e. The van der Waals surface area contributed by atoms with Crippen molar-refractivity contribution in [2.45, 2.75) is 51.5 Å². The summed E-state index contributed by atoms with van der Waals surface area (Å²) < 4.78 is 5.06. The number of aromatic nitrogens is 2. The largest absolute Gasteiger partial charge is 0.481 e. The van der Waals surface area contributed by atoms with Crippen LogP contribution in [0.1, 0.15) is 57.2 Å². The summed E-state index contributed by atoms with van der Waals surface area (Å²) in [5.41, 5.74) is 6.96. The molecule has 0 aliphatic rings. The molecule has 1 rings (SSSR count). The van der Waals surface area contributed by atoms with Crippen molar-refractivity contribution in [1.82, 2.24) is 9.97 Å². The van der Waals surface area contributed by atoms with E-state index in [1.54, 1.807) is 7.11 Å². The summed E-state index contributed by atoms with van der Waals surface area (Å²) in [6, 6.07) is 1.81. The van der Waals surface area contributed by atoms with Gasteiger partial charge in [0.25, 0.3) is 0 Å². The van der Waals surface area contributed by atoms with Gasteiger partial charge in [0.2, 0.25) is 5.88 Å². The number of ether oxygens (including phenoxy) is 1. The molecule has 1 aromatic rings. The van der Waals surface area contributed by atoms with E-state index in [9.17, 15) is 0 Å². The second-order valence-electron chi connectivity index (χ2n) is 4.29. The SMILES string of the molecule is CCCCCCCC(N)c1cc(OC)ncn1. The lowest BCUT2D eigenvalue weighted by atomic mass is 10.0. The number of hydrogen-bond donors (Lipinski definition) is 1. The van der Waals surface area contributed by atoms with Crippen LogP contribution >= 0.6 is 0 Å². The maximum absolute atomic E-state index is 6.09. The molecule has 17 heavy (non-hydrogen) atoms. The fraction of sp³-hybridized carbons (Fsp3) is 0.692. The average Bonchev–Trinajstić information content (AvgIpc) is 2.38. The van der Waals surface area contributed by atoms with Crippen LogP contribution in [0.25, 0.3) is 0 Å². The molecule has 0 saturated carbocycles. The first-order chi connectivity index (χ1) is 8.27. The summed E-state index contributed by atoms with van der Waals surface area (Å²) in [5.74, 6) is 0.580. The molecule has 1 heterocycles. The van der Waals surface area contributed by atoms with Crippen molar-refractivity contribution in [2.24, 2.45) is 5.73 Å². The Morgan fingerprint density at radius 3 is 2.71 bits per heavy atom. The predicted octanol–water partition coefficient (Wildman–Crippen LogP) is 2.85. The lowest BCUT2D eigenvalue weighted by molar-refractivity contribution is 0.394. The van der Waals surface area contributed by atoms with E-state index in [-0.39, 0.29) is 6.04 Å². The van der Waals surface area contributed by atoms with E-state index in [0.29, 0.717) is 5.88 Å².